The highest BCUT2D eigenvalue weighted by Crippen LogP contribution is 2.14. The van der Waals surface area contributed by atoms with E-state index in [0.717, 1.165) is 16.9 Å². The molecule has 5 nitrogen and oxygen atoms in total. The molecule has 0 N–H and O–H groups in total. The van der Waals surface area contributed by atoms with Crippen LogP contribution in [0.25, 0.3) is 6.08 Å². The fraction of sp³-hybridized carbons (Fsp3) is 0.273. The quantitative estimate of drug-likeness (QED) is 0.767. The molecule has 3 rings (SSSR count). The molecule has 0 bridgehead atoms. The molecule has 0 saturated carbocycles. The molecule has 0 spiro atoms. The van der Waals surface area contributed by atoms with Crippen molar-refractivity contribution in [2.24, 2.45) is 0 Å². The third-order valence-corrected chi connectivity index (χ3v) is 4.65. The van der Waals surface area contributed by atoms with E-state index in [4.69, 9.17) is 4.74 Å². The topological polar surface area (TPSA) is 49.9 Å². The van der Waals surface area contributed by atoms with Gasteiger partial charge in [-0.05, 0) is 29.3 Å². The number of benzene rings is 2. The largest absolute Gasteiger partial charge is 0.497 e. The number of piperazine rings is 1. The van der Waals surface area contributed by atoms with Crippen molar-refractivity contribution < 1.29 is 14.3 Å². The van der Waals surface area contributed by atoms with E-state index in [-0.39, 0.29) is 11.8 Å². The molecule has 0 aliphatic carbocycles. The Labute approximate surface area is 159 Å². The van der Waals surface area contributed by atoms with Gasteiger partial charge < -0.3 is 14.5 Å². The predicted molar refractivity (Wildman–Crippen MR) is 105 cm³/mol. The van der Waals surface area contributed by atoms with Gasteiger partial charge in [-0.15, -0.1) is 0 Å². The molecule has 27 heavy (non-hydrogen) atoms. The van der Waals surface area contributed by atoms with Gasteiger partial charge in [0.25, 0.3) is 0 Å². The number of rotatable bonds is 5. The third-order valence-electron chi connectivity index (χ3n) is 4.65. The highest BCUT2D eigenvalue weighted by Gasteiger charge is 2.23. The highest BCUT2D eigenvalue weighted by atomic mass is 16.5. The number of methoxy groups -OCH3 is 1. The Morgan fingerprint density at radius 2 is 1.67 bits per heavy atom. The Morgan fingerprint density at radius 1 is 0.963 bits per heavy atom. The molecule has 1 heterocycles. The molecular weight excluding hydrogens is 340 g/mol. The molecule has 5 heteroatoms. The maximum atomic E-state index is 12.5. The average Bonchev–Trinajstić information content (AvgIpc) is 2.73. The van der Waals surface area contributed by atoms with E-state index in [9.17, 15) is 9.59 Å². The molecule has 2 aromatic rings. The van der Waals surface area contributed by atoms with E-state index in [0.29, 0.717) is 32.6 Å². The lowest BCUT2D eigenvalue weighted by Gasteiger charge is -2.34. The molecule has 2 aromatic carbocycles. The minimum Gasteiger partial charge on any atom is -0.497 e. The second-order valence-electron chi connectivity index (χ2n) is 6.48. The number of carbonyl (C=O) groups excluding carboxylic acids is 2. The van der Waals surface area contributed by atoms with Crippen molar-refractivity contribution in [1.29, 1.82) is 0 Å². The monoisotopic (exact) mass is 364 g/mol. The summed E-state index contributed by atoms with van der Waals surface area (Å²) in [5.41, 5.74) is 1.93. The molecule has 140 valence electrons. The zero-order chi connectivity index (χ0) is 19.1. The van der Waals surface area contributed by atoms with Gasteiger partial charge in [-0.1, -0.05) is 42.5 Å². The number of nitrogens with zero attached hydrogens (tertiary/aromatic N) is 2. The summed E-state index contributed by atoms with van der Waals surface area (Å²) in [6.45, 7) is 2.24. The molecule has 0 radical (unpaired) electrons. The van der Waals surface area contributed by atoms with Crippen LogP contribution < -0.4 is 4.74 Å². The van der Waals surface area contributed by atoms with Crippen molar-refractivity contribution in [3.05, 3.63) is 71.8 Å². The van der Waals surface area contributed by atoms with Crippen LogP contribution in [0, 0.1) is 0 Å². The number of carbonyl (C=O) groups is 2. The summed E-state index contributed by atoms with van der Waals surface area (Å²) in [5.74, 6) is 0.815. The van der Waals surface area contributed by atoms with Crippen LogP contribution in [0.3, 0.4) is 0 Å². The molecule has 1 aliphatic heterocycles. The van der Waals surface area contributed by atoms with Gasteiger partial charge >= 0.3 is 0 Å². The Bertz CT molecular complexity index is 809. The van der Waals surface area contributed by atoms with Crippen LogP contribution in [0.15, 0.2) is 60.7 Å². The van der Waals surface area contributed by atoms with Crippen molar-refractivity contribution in [2.75, 3.05) is 33.3 Å². The van der Waals surface area contributed by atoms with Crippen molar-refractivity contribution in [2.45, 2.75) is 6.42 Å². The van der Waals surface area contributed by atoms with E-state index in [1.807, 2.05) is 65.6 Å². The average molecular weight is 364 g/mol. The van der Waals surface area contributed by atoms with Gasteiger partial charge in [-0.25, -0.2) is 0 Å². The van der Waals surface area contributed by atoms with Gasteiger partial charge in [0.15, 0.2) is 0 Å². The zero-order valence-electron chi connectivity index (χ0n) is 15.5. The van der Waals surface area contributed by atoms with Crippen LogP contribution in [0.2, 0.25) is 0 Å². The smallest absolute Gasteiger partial charge is 0.246 e. The normalized spacial score (nSPS) is 14.4. The van der Waals surface area contributed by atoms with E-state index in [2.05, 4.69) is 0 Å². The maximum absolute atomic E-state index is 12.5. The molecule has 2 amide bonds. The second-order valence-corrected chi connectivity index (χ2v) is 6.48. The van der Waals surface area contributed by atoms with E-state index < -0.39 is 0 Å². The Hall–Kier alpha value is -3.08. The molecule has 0 atom stereocenters. The first-order valence-corrected chi connectivity index (χ1v) is 9.08. The summed E-state index contributed by atoms with van der Waals surface area (Å²) in [5, 5.41) is 0. The van der Waals surface area contributed by atoms with Crippen LogP contribution in [0.1, 0.15) is 11.1 Å². The Morgan fingerprint density at radius 3 is 2.37 bits per heavy atom. The van der Waals surface area contributed by atoms with E-state index in [1.165, 1.54) is 0 Å². The van der Waals surface area contributed by atoms with E-state index in [1.54, 1.807) is 18.1 Å². The molecule has 1 aliphatic rings. The summed E-state index contributed by atoms with van der Waals surface area (Å²) < 4.78 is 5.20. The summed E-state index contributed by atoms with van der Waals surface area (Å²) >= 11 is 0. The lowest BCUT2D eigenvalue weighted by molar-refractivity contribution is -0.136. The standard InChI is InChI=1S/C22H24N2O3/c1-27-20-9-5-8-19(16-20)17-22(26)24-14-12-23(13-15-24)21(25)11-10-18-6-3-2-4-7-18/h2-11,16H,12-15,17H2,1H3/b11-10+. The minimum atomic E-state index is -0.0150. The fourth-order valence-electron chi connectivity index (χ4n) is 3.08. The minimum absolute atomic E-state index is 0.0150. The number of hydrogen-bond donors (Lipinski definition) is 0. The number of ether oxygens (including phenoxy) is 1. The molecule has 0 unspecified atom stereocenters. The van der Waals surface area contributed by atoms with Gasteiger partial charge in [-0.3, -0.25) is 9.59 Å². The Kier molecular flexibility index (Phi) is 6.26. The first kappa shape index (κ1) is 18.7. The molecule has 0 aromatic heterocycles. The molecule has 1 fully saturated rings. The van der Waals surface area contributed by atoms with Crippen molar-refractivity contribution in [3.8, 4) is 5.75 Å². The van der Waals surface area contributed by atoms with Crippen molar-refractivity contribution in [3.63, 3.8) is 0 Å². The first-order chi connectivity index (χ1) is 13.2. The maximum Gasteiger partial charge on any atom is 0.246 e. The van der Waals surface area contributed by atoms with Crippen LogP contribution in [0.5, 0.6) is 5.75 Å². The first-order valence-electron chi connectivity index (χ1n) is 9.08. The van der Waals surface area contributed by atoms with E-state index >= 15 is 0 Å². The summed E-state index contributed by atoms with van der Waals surface area (Å²) in [7, 11) is 1.61. The molecular formula is C22H24N2O3. The fourth-order valence-corrected chi connectivity index (χ4v) is 3.08. The predicted octanol–water partition coefficient (Wildman–Crippen LogP) is 2.62. The van der Waals surface area contributed by atoms with Crippen LogP contribution in [0.4, 0.5) is 0 Å². The van der Waals surface area contributed by atoms with Crippen LogP contribution in [-0.4, -0.2) is 54.9 Å². The van der Waals surface area contributed by atoms with Gasteiger partial charge in [0.1, 0.15) is 5.75 Å². The van der Waals surface area contributed by atoms with Gasteiger partial charge in [0.05, 0.1) is 13.5 Å². The van der Waals surface area contributed by atoms with Crippen molar-refractivity contribution >= 4 is 17.9 Å². The third kappa shape index (κ3) is 5.20. The molecule has 1 saturated heterocycles. The van der Waals surface area contributed by atoms with Gasteiger partial charge in [0, 0.05) is 32.3 Å². The summed E-state index contributed by atoms with van der Waals surface area (Å²) in [6, 6.07) is 17.3. The van der Waals surface area contributed by atoms with Gasteiger partial charge in [-0.2, -0.15) is 0 Å². The Balaban J connectivity index is 1.50. The van der Waals surface area contributed by atoms with Gasteiger partial charge in [0.2, 0.25) is 11.8 Å². The SMILES string of the molecule is COc1cccc(CC(=O)N2CCN(C(=O)/C=C/c3ccccc3)CC2)c1. The summed E-state index contributed by atoms with van der Waals surface area (Å²) in [6.07, 6.45) is 3.77. The second kappa shape index (κ2) is 9.03. The summed E-state index contributed by atoms with van der Waals surface area (Å²) in [4.78, 5) is 28.5. The van der Waals surface area contributed by atoms with Crippen LogP contribution >= 0.6 is 0 Å². The number of hydrogen-bond acceptors (Lipinski definition) is 3. The van der Waals surface area contributed by atoms with Crippen LogP contribution in [-0.2, 0) is 16.0 Å². The van der Waals surface area contributed by atoms with Crippen molar-refractivity contribution in [1.82, 2.24) is 9.80 Å². The highest BCUT2D eigenvalue weighted by molar-refractivity contribution is 5.92. The lowest BCUT2D eigenvalue weighted by atomic mass is 10.1. The zero-order valence-corrected chi connectivity index (χ0v) is 15.5. The number of amides is 2. The lowest BCUT2D eigenvalue weighted by Crippen LogP contribution is -2.50.